The summed E-state index contributed by atoms with van der Waals surface area (Å²) in [7, 11) is 2.76. The van der Waals surface area contributed by atoms with E-state index in [1.54, 1.807) is 24.3 Å². The van der Waals surface area contributed by atoms with Crippen molar-refractivity contribution in [1.82, 2.24) is 0 Å². The molecule has 0 fully saturated rings. The summed E-state index contributed by atoms with van der Waals surface area (Å²) in [6.07, 6.45) is 3.29. The van der Waals surface area contributed by atoms with Crippen LogP contribution in [0.1, 0.15) is 11.1 Å². The zero-order valence-corrected chi connectivity index (χ0v) is 21.1. The van der Waals surface area contributed by atoms with Crippen LogP contribution in [-0.2, 0) is 10.0 Å². The van der Waals surface area contributed by atoms with Gasteiger partial charge in [0.2, 0.25) is 5.75 Å². The van der Waals surface area contributed by atoms with E-state index in [9.17, 15) is 17.9 Å². The molecule has 0 bridgehead atoms. The third-order valence-electron chi connectivity index (χ3n) is 5.19. The number of nitrogens with one attached hydrogen (secondary N) is 1. The van der Waals surface area contributed by atoms with E-state index in [4.69, 9.17) is 23.7 Å². The number of phenolic OH excluding ortho intramolecular Hbond substituents is 1. The SMILES string of the molecule is COc1ccc(S(=O)(=O)Nc2c(C=Cc3cc(OC)c(OC)c(OC)c3)ccc(O)c2OC)cc1F. The molecule has 9 nitrogen and oxygen atoms in total. The predicted octanol–water partition coefficient (Wildman–Crippen LogP) is 4.55. The number of rotatable bonds is 10. The van der Waals surface area contributed by atoms with E-state index in [-0.39, 0.29) is 27.8 Å². The summed E-state index contributed by atoms with van der Waals surface area (Å²) >= 11 is 0. The fraction of sp³-hybridized carbons (Fsp3) is 0.200. The second kappa shape index (κ2) is 11.1. The molecule has 3 aromatic rings. The van der Waals surface area contributed by atoms with Crippen molar-refractivity contribution in [2.75, 3.05) is 40.3 Å². The van der Waals surface area contributed by atoms with Crippen LogP contribution in [0.15, 0.2) is 47.4 Å². The van der Waals surface area contributed by atoms with Crippen molar-refractivity contribution in [3.8, 4) is 34.5 Å². The minimum Gasteiger partial charge on any atom is -0.504 e. The van der Waals surface area contributed by atoms with Gasteiger partial charge < -0.3 is 28.8 Å². The van der Waals surface area contributed by atoms with E-state index in [0.717, 1.165) is 6.07 Å². The van der Waals surface area contributed by atoms with Crippen LogP contribution in [0.2, 0.25) is 0 Å². The fourth-order valence-corrected chi connectivity index (χ4v) is 4.53. The molecule has 11 heteroatoms. The van der Waals surface area contributed by atoms with Crippen LogP contribution in [0.3, 0.4) is 0 Å². The van der Waals surface area contributed by atoms with Crippen LogP contribution >= 0.6 is 0 Å². The monoisotopic (exact) mass is 519 g/mol. The Bertz CT molecular complexity index is 1360. The van der Waals surface area contributed by atoms with E-state index < -0.39 is 15.8 Å². The highest BCUT2D eigenvalue weighted by atomic mass is 32.2. The lowest BCUT2D eigenvalue weighted by Crippen LogP contribution is -2.15. The van der Waals surface area contributed by atoms with Crippen molar-refractivity contribution in [1.29, 1.82) is 0 Å². The Hall–Kier alpha value is -4.12. The first-order chi connectivity index (χ1) is 17.2. The van der Waals surface area contributed by atoms with E-state index in [0.29, 0.717) is 28.4 Å². The maximum atomic E-state index is 14.2. The lowest BCUT2D eigenvalue weighted by atomic mass is 10.1. The Morgan fingerprint density at radius 2 is 1.39 bits per heavy atom. The maximum absolute atomic E-state index is 14.2. The summed E-state index contributed by atoms with van der Waals surface area (Å²) in [6, 6.07) is 9.51. The van der Waals surface area contributed by atoms with Gasteiger partial charge in [0.15, 0.2) is 34.6 Å². The third-order valence-corrected chi connectivity index (χ3v) is 6.53. The van der Waals surface area contributed by atoms with Gasteiger partial charge in [-0.05, 0) is 48.0 Å². The number of hydrogen-bond donors (Lipinski definition) is 2. The van der Waals surface area contributed by atoms with Crippen molar-refractivity contribution in [3.63, 3.8) is 0 Å². The van der Waals surface area contributed by atoms with Gasteiger partial charge >= 0.3 is 0 Å². The van der Waals surface area contributed by atoms with Gasteiger partial charge in [0.05, 0.1) is 40.4 Å². The summed E-state index contributed by atoms with van der Waals surface area (Å²) in [4.78, 5) is -0.342. The number of ether oxygens (including phenoxy) is 5. The first kappa shape index (κ1) is 26.5. The highest BCUT2D eigenvalue weighted by Gasteiger charge is 2.22. The van der Waals surface area contributed by atoms with Gasteiger partial charge in [-0.25, -0.2) is 12.8 Å². The average Bonchev–Trinajstić information content (AvgIpc) is 2.87. The van der Waals surface area contributed by atoms with Crippen LogP contribution in [0.4, 0.5) is 10.1 Å². The summed E-state index contributed by atoms with van der Waals surface area (Å²) in [5.41, 5.74) is 0.968. The Morgan fingerprint density at radius 1 is 0.778 bits per heavy atom. The summed E-state index contributed by atoms with van der Waals surface area (Å²) in [6.45, 7) is 0. The van der Waals surface area contributed by atoms with Crippen molar-refractivity contribution in [2.45, 2.75) is 4.90 Å². The van der Waals surface area contributed by atoms with Crippen LogP contribution < -0.4 is 28.4 Å². The van der Waals surface area contributed by atoms with Crippen molar-refractivity contribution in [2.24, 2.45) is 0 Å². The van der Waals surface area contributed by atoms with E-state index >= 15 is 0 Å². The first-order valence-corrected chi connectivity index (χ1v) is 11.9. The van der Waals surface area contributed by atoms with E-state index in [2.05, 4.69) is 4.72 Å². The fourth-order valence-electron chi connectivity index (χ4n) is 3.43. The van der Waals surface area contributed by atoms with Gasteiger partial charge in [0.25, 0.3) is 10.0 Å². The smallest absolute Gasteiger partial charge is 0.262 e. The average molecular weight is 520 g/mol. The number of aromatic hydroxyl groups is 1. The molecule has 0 heterocycles. The molecular weight excluding hydrogens is 493 g/mol. The molecule has 0 aliphatic rings. The summed E-state index contributed by atoms with van der Waals surface area (Å²) in [5.74, 6) is -0.0580. The van der Waals surface area contributed by atoms with Gasteiger partial charge in [-0.3, -0.25) is 4.72 Å². The lowest BCUT2D eigenvalue weighted by Gasteiger charge is -2.16. The molecule has 0 radical (unpaired) electrons. The van der Waals surface area contributed by atoms with E-state index in [1.807, 2.05) is 0 Å². The highest BCUT2D eigenvalue weighted by molar-refractivity contribution is 7.92. The minimum atomic E-state index is -4.27. The number of hydrogen-bond acceptors (Lipinski definition) is 8. The van der Waals surface area contributed by atoms with Crippen LogP contribution in [0.5, 0.6) is 34.5 Å². The Kier molecular flexibility index (Phi) is 8.15. The number of anilines is 1. The number of phenols is 1. The van der Waals surface area contributed by atoms with Crippen LogP contribution in [-0.4, -0.2) is 49.1 Å². The zero-order chi connectivity index (χ0) is 26.5. The molecule has 0 aliphatic carbocycles. The topological polar surface area (TPSA) is 113 Å². The lowest BCUT2D eigenvalue weighted by molar-refractivity contribution is 0.324. The molecule has 0 aliphatic heterocycles. The number of methoxy groups -OCH3 is 5. The summed E-state index contributed by atoms with van der Waals surface area (Å²) in [5, 5.41) is 10.3. The van der Waals surface area contributed by atoms with Gasteiger partial charge in [0.1, 0.15) is 5.69 Å². The van der Waals surface area contributed by atoms with Crippen LogP contribution in [0.25, 0.3) is 12.2 Å². The highest BCUT2D eigenvalue weighted by Crippen LogP contribution is 2.41. The molecule has 0 spiro atoms. The molecule has 0 saturated carbocycles. The third kappa shape index (κ3) is 5.41. The van der Waals surface area contributed by atoms with Gasteiger partial charge in [-0.15, -0.1) is 0 Å². The van der Waals surface area contributed by atoms with Gasteiger partial charge in [0, 0.05) is 5.56 Å². The quantitative estimate of drug-likeness (QED) is 0.376. The molecule has 0 saturated heterocycles. The predicted molar refractivity (Wildman–Crippen MR) is 133 cm³/mol. The van der Waals surface area contributed by atoms with E-state index in [1.165, 1.54) is 59.8 Å². The minimum absolute atomic E-state index is 0.0441. The standard InChI is InChI=1S/C25H26FNO8S/c1-31-20-11-9-17(14-18(20)26)36(29,30)27-23-16(8-10-19(28)24(23)34-4)7-6-15-12-21(32-2)25(35-5)22(13-15)33-3/h6-14,27-28H,1-5H3. The molecule has 3 rings (SSSR count). The summed E-state index contributed by atoms with van der Waals surface area (Å²) < 4.78 is 68.9. The van der Waals surface area contributed by atoms with Gasteiger partial charge in [-0.2, -0.15) is 0 Å². The van der Waals surface area contributed by atoms with Crippen LogP contribution in [0, 0.1) is 5.82 Å². The second-order valence-corrected chi connectivity index (χ2v) is 8.96. The van der Waals surface area contributed by atoms with Gasteiger partial charge in [-0.1, -0.05) is 12.2 Å². The molecule has 0 aromatic heterocycles. The van der Waals surface area contributed by atoms with Crippen molar-refractivity contribution in [3.05, 3.63) is 59.4 Å². The molecule has 0 unspecified atom stereocenters. The Balaban J connectivity index is 2.07. The largest absolute Gasteiger partial charge is 0.504 e. The Labute approximate surface area is 208 Å². The second-order valence-electron chi connectivity index (χ2n) is 7.28. The molecule has 0 atom stereocenters. The normalized spacial score (nSPS) is 11.3. The Morgan fingerprint density at radius 3 is 1.92 bits per heavy atom. The maximum Gasteiger partial charge on any atom is 0.262 e. The first-order valence-electron chi connectivity index (χ1n) is 10.4. The zero-order valence-electron chi connectivity index (χ0n) is 20.3. The number of benzene rings is 3. The molecule has 36 heavy (non-hydrogen) atoms. The molecule has 0 amide bonds. The number of halogens is 1. The van der Waals surface area contributed by atoms with Crippen molar-refractivity contribution < 1.29 is 41.6 Å². The number of sulfonamides is 1. The molecule has 3 aromatic carbocycles. The van der Waals surface area contributed by atoms with Crippen molar-refractivity contribution >= 4 is 27.9 Å². The molecular formula is C25H26FNO8S. The molecule has 2 N–H and O–H groups in total. The molecule has 192 valence electrons.